The first-order chi connectivity index (χ1) is 11.0. The molecule has 0 spiro atoms. The third kappa shape index (κ3) is 5.17. The second kappa shape index (κ2) is 7.87. The number of hydrogen-bond donors (Lipinski definition) is 2. The molecule has 1 unspecified atom stereocenters. The van der Waals surface area contributed by atoms with Gasteiger partial charge in [-0.1, -0.05) is 18.2 Å². The van der Waals surface area contributed by atoms with Gasteiger partial charge in [0.15, 0.2) is 0 Å². The molecule has 124 valence electrons. The fourth-order valence-corrected chi connectivity index (χ4v) is 2.40. The molecule has 0 fully saturated rings. The monoisotopic (exact) mass is 322 g/mol. The number of carboxylic acid groups (broad SMARTS) is 1. The Balaban J connectivity index is 1.82. The van der Waals surface area contributed by atoms with Gasteiger partial charge in [0.05, 0.1) is 5.57 Å². The highest BCUT2D eigenvalue weighted by molar-refractivity contribution is 5.90. The Morgan fingerprint density at radius 3 is 2.96 bits per heavy atom. The molecule has 1 aromatic rings. The number of allylic oxidation sites excluding steroid dienone is 2. The van der Waals surface area contributed by atoms with Crippen LogP contribution in [0.2, 0.25) is 0 Å². The molecule has 0 aliphatic heterocycles. The van der Waals surface area contributed by atoms with Gasteiger partial charge in [-0.05, 0) is 30.8 Å². The highest BCUT2D eigenvalue weighted by Gasteiger charge is 2.19. The lowest BCUT2D eigenvalue weighted by molar-refractivity contribution is -0.132. The van der Waals surface area contributed by atoms with E-state index in [2.05, 4.69) is 5.32 Å². The van der Waals surface area contributed by atoms with Crippen molar-refractivity contribution in [3.8, 4) is 0 Å². The summed E-state index contributed by atoms with van der Waals surface area (Å²) >= 11 is 0. The molecule has 4 nitrogen and oxygen atoms in total. The zero-order valence-corrected chi connectivity index (χ0v) is 12.9. The number of aliphatic carboxylic acids is 1. The van der Waals surface area contributed by atoms with Gasteiger partial charge in [-0.3, -0.25) is 0 Å². The summed E-state index contributed by atoms with van der Waals surface area (Å²) in [6.07, 6.45) is 1.59. The molecule has 1 atom stereocenters. The summed E-state index contributed by atoms with van der Waals surface area (Å²) in [6.45, 7) is 1.68. The quantitative estimate of drug-likeness (QED) is 0.810. The Hall–Kier alpha value is -2.21. The van der Waals surface area contributed by atoms with Crippen molar-refractivity contribution >= 4 is 5.97 Å². The number of carboxylic acids is 1. The topological polar surface area (TPSA) is 52.6 Å². The molecule has 1 aliphatic carbocycles. The molecule has 0 saturated heterocycles. The SMILES string of the molecule is CN(CCNC1=CC(C(=O)O)=CCC1F)Cc1cccc(F)c1. The number of likely N-dealkylation sites (N-methyl/N-ethyl adjacent to an activating group) is 1. The first kappa shape index (κ1) is 17.1. The molecule has 1 aliphatic rings. The fraction of sp³-hybridized carbons (Fsp3) is 0.353. The lowest BCUT2D eigenvalue weighted by Gasteiger charge is -2.21. The third-order valence-electron chi connectivity index (χ3n) is 3.60. The van der Waals surface area contributed by atoms with Gasteiger partial charge in [-0.2, -0.15) is 0 Å². The van der Waals surface area contributed by atoms with Gasteiger partial charge in [0.1, 0.15) is 12.0 Å². The smallest absolute Gasteiger partial charge is 0.335 e. The van der Waals surface area contributed by atoms with Crippen LogP contribution in [0.5, 0.6) is 0 Å². The highest BCUT2D eigenvalue weighted by atomic mass is 19.1. The van der Waals surface area contributed by atoms with E-state index in [9.17, 15) is 13.6 Å². The maximum Gasteiger partial charge on any atom is 0.335 e. The van der Waals surface area contributed by atoms with Crippen molar-refractivity contribution in [2.45, 2.75) is 19.1 Å². The zero-order valence-electron chi connectivity index (χ0n) is 12.9. The van der Waals surface area contributed by atoms with Crippen LogP contribution in [0.3, 0.4) is 0 Å². The Kier molecular flexibility index (Phi) is 5.87. The number of nitrogens with one attached hydrogen (secondary N) is 1. The lowest BCUT2D eigenvalue weighted by Crippen LogP contribution is -2.32. The van der Waals surface area contributed by atoms with Crippen molar-refractivity contribution in [2.75, 3.05) is 20.1 Å². The molecule has 0 radical (unpaired) electrons. The summed E-state index contributed by atoms with van der Waals surface area (Å²) in [4.78, 5) is 12.9. The van der Waals surface area contributed by atoms with Crippen molar-refractivity contribution in [3.05, 3.63) is 59.1 Å². The normalized spacial score (nSPS) is 17.7. The molecule has 0 aromatic heterocycles. The highest BCUT2D eigenvalue weighted by Crippen LogP contribution is 2.19. The van der Waals surface area contributed by atoms with Crippen LogP contribution in [0.1, 0.15) is 12.0 Å². The second-order valence-corrected chi connectivity index (χ2v) is 5.56. The fourth-order valence-electron chi connectivity index (χ4n) is 2.40. The van der Waals surface area contributed by atoms with E-state index in [1.165, 1.54) is 24.3 Å². The Morgan fingerprint density at radius 1 is 1.48 bits per heavy atom. The standard InChI is InChI=1S/C17H20F2N2O2/c1-21(11-12-3-2-4-14(18)9-12)8-7-20-16-10-13(17(22)23)5-6-15(16)19/h2-5,9-10,15,20H,6-8,11H2,1H3,(H,22,23). The van der Waals surface area contributed by atoms with E-state index in [4.69, 9.17) is 5.11 Å². The van der Waals surface area contributed by atoms with Crippen LogP contribution in [0.25, 0.3) is 0 Å². The molecular weight excluding hydrogens is 302 g/mol. The number of carbonyl (C=O) groups is 1. The largest absolute Gasteiger partial charge is 0.478 e. The molecule has 0 amide bonds. The van der Waals surface area contributed by atoms with E-state index < -0.39 is 12.1 Å². The minimum absolute atomic E-state index is 0.0690. The summed E-state index contributed by atoms with van der Waals surface area (Å²) < 4.78 is 26.9. The number of alkyl halides is 1. The maximum absolute atomic E-state index is 13.8. The molecule has 23 heavy (non-hydrogen) atoms. The van der Waals surface area contributed by atoms with Gasteiger partial charge < -0.3 is 15.3 Å². The van der Waals surface area contributed by atoms with Crippen LogP contribution in [0.4, 0.5) is 8.78 Å². The molecule has 6 heteroatoms. The van der Waals surface area contributed by atoms with Crippen molar-refractivity contribution in [1.29, 1.82) is 0 Å². The Labute approximate surface area is 134 Å². The summed E-state index contributed by atoms with van der Waals surface area (Å²) in [5.41, 5.74) is 1.27. The Bertz CT molecular complexity index is 629. The van der Waals surface area contributed by atoms with Crippen LogP contribution in [-0.2, 0) is 11.3 Å². The number of hydrogen-bond acceptors (Lipinski definition) is 3. The molecule has 2 N–H and O–H groups in total. The summed E-state index contributed by atoms with van der Waals surface area (Å²) in [5.74, 6) is -1.32. The van der Waals surface area contributed by atoms with Crippen LogP contribution in [0.15, 0.2) is 47.7 Å². The van der Waals surface area contributed by atoms with Gasteiger partial charge in [0.2, 0.25) is 0 Å². The van der Waals surface area contributed by atoms with Crippen molar-refractivity contribution in [2.24, 2.45) is 0 Å². The maximum atomic E-state index is 13.8. The summed E-state index contributed by atoms with van der Waals surface area (Å²) in [6, 6.07) is 6.39. The summed E-state index contributed by atoms with van der Waals surface area (Å²) in [7, 11) is 1.89. The van der Waals surface area contributed by atoms with E-state index in [0.717, 1.165) is 5.56 Å². The predicted molar refractivity (Wildman–Crippen MR) is 84.1 cm³/mol. The van der Waals surface area contributed by atoms with E-state index in [1.54, 1.807) is 6.07 Å². The molecule has 0 heterocycles. The van der Waals surface area contributed by atoms with Crippen molar-refractivity contribution < 1.29 is 18.7 Å². The number of rotatable bonds is 7. The molecule has 2 rings (SSSR count). The minimum Gasteiger partial charge on any atom is -0.478 e. The number of benzene rings is 1. The summed E-state index contributed by atoms with van der Waals surface area (Å²) in [5, 5.41) is 11.9. The van der Waals surface area contributed by atoms with Gasteiger partial charge in [0, 0.05) is 31.8 Å². The van der Waals surface area contributed by atoms with Gasteiger partial charge >= 0.3 is 5.97 Å². The third-order valence-corrected chi connectivity index (χ3v) is 3.60. The average molecular weight is 322 g/mol. The van der Waals surface area contributed by atoms with Crippen LogP contribution in [0, 0.1) is 5.82 Å². The first-order valence-corrected chi connectivity index (χ1v) is 7.41. The van der Waals surface area contributed by atoms with E-state index >= 15 is 0 Å². The molecule has 0 saturated carbocycles. The van der Waals surface area contributed by atoms with Crippen molar-refractivity contribution in [1.82, 2.24) is 10.2 Å². The minimum atomic E-state index is -1.20. The van der Waals surface area contributed by atoms with E-state index in [0.29, 0.717) is 25.3 Å². The first-order valence-electron chi connectivity index (χ1n) is 7.41. The number of nitrogens with zero attached hydrogens (tertiary/aromatic N) is 1. The molecule has 1 aromatic carbocycles. The molecular formula is C17H20F2N2O2. The Morgan fingerprint density at radius 2 is 2.26 bits per heavy atom. The van der Waals surface area contributed by atoms with E-state index in [-0.39, 0.29) is 17.8 Å². The van der Waals surface area contributed by atoms with Crippen LogP contribution < -0.4 is 5.32 Å². The van der Waals surface area contributed by atoms with Crippen LogP contribution >= 0.6 is 0 Å². The zero-order chi connectivity index (χ0) is 16.8. The molecule has 0 bridgehead atoms. The van der Waals surface area contributed by atoms with Crippen molar-refractivity contribution in [3.63, 3.8) is 0 Å². The van der Waals surface area contributed by atoms with Gasteiger partial charge in [-0.25, -0.2) is 13.6 Å². The predicted octanol–water partition coefficient (Wildman–Crippen LogP) is 2.48. The number of halogens is 2. The average Bonchev–Trinajstić information content (AvgIpc) is 2.49. The van der Waals surface area contributed by atoms with Crippen LogP contribution in [-0.4, -0.2) is 42.3 Å². The van der Waals surface area contributed by atoms with Gasteiger partial charge in [0.25, 0.3) is 0 Å². The lowest BCUT2D eigenvalue weighted by atomic mass is 10.0. The van der Waals surface area contributed by atoms with E-state index in [1.807, 2.05) is 18.0 Å². The second-order valence-electron chi connectivity index (χ2n) is 5.56. The van der Waals surface area contributed by atoms with Gasteiger partial charge in [-0.15, -0.1) is 0 Å².